The normalized spacial score (nSPS) is 17.0. The van der Waals surface area contributed by atoms with Crippen molar-refractivity contribution in [2.24, 2.45) is 5.16 Å². The summed E-state index contributed by atoms with van der Waals surface area (Å²) >= 11 is 4.92. The molecule has 8 nitrogen and oxygen atoms in total. The number of carbonyl (C=O) groups is 1. The molecule has 1 aromatic carbocycles. The Labute approximate surface area is 234 Å². The lowest BCUT2D eigenvalue weighted by molar-refractivity contribution is -0.142. The molecule has 208 valence electrons. The van der Waals surface area contributed by atoms with Gasteiger partial charge in [-0.2, -0.15) is 18.3 Å². The number of rotatable bonds is 6. The molecule has 0 atom stereocenters. The van der Waals surface area contributed by atoms with E-state index in [0.717, 1.165) is 55.9 Å². The summed E-state index contributed by atoms with van der Waals surface area (Å²) in [6.45, 7) is 3.37. The topological polar surface area (TPSA) is 75.9 Å². The molecule has 14 heteroatoms. The zero-order chi connectivity index (χ0) is 27.7. The van der Waals surface area contributed by atoms with Crippen LogP contribution >= 0.6 is 27.3 Å². The number of thiazole rings is 1. The van der Waals surface area contributed by atoms with Gasteiger partial charge in [0.15, 0.2) is 10.8 Å². The molecule has 0 bridgehead atoms. The first-order valence-electron chi connectivity index (χ1n) is 12.4. The summed E-state index contributed by atoms with van der Waals surface area (Å²) in [7, 11) is 0. The number of amides is 1. The SMILES string of the molecule is Cc1cc(C(F)(F)F)nn1CC(=O)N1CCN(c2nc3c(s2)C(=NOCc2cc(F)ccc2Br)CCC3)CC1. The van der Waals surface area contributed by atoms with E-state index in [0.29, 0.717) is 31.7 Å². The van der Waals surface area contributed by atoms with Gasteiger partial charge >= 0.3 is 6.18 Å². The number of piperazine rings is 1. The molecule has 0 spiro atoms. The number of aromatic nitrogens is 3. The highest BCUT2D eigenvalue weighted by atomic mass is 79.9. The lowest BCUT2D eigenvalue weighted by Crippen LogP contribution is -2.49. The Bertz CT molecular complexity index is 1400. The van der Waals surface area contributed by atoms with Gasteiger partial charge in [-0.3, -0.25) is 9.48 Å². The fourth-order valence-corrected chi connectivity index (χ4v) is 6.04. The molecule has 39 heavy (non-hydrogen) atoms. The summed E-state index contributed by atoms with van der Waals surface area (Å²) < 4.78 is 54.2. The molecule has 0 saturated carbocycles. The third-order valence-corrected chi connectivity index (χ3v) is 8.62. The van der Waals surface area contributed by atoms with E-state index in [1.165, 1.54) is 30.4 Å². The van der Waals surface area contributed by atoms with Crippen LogP contribution in [0.4, 0.5) is 22.7 Å². The van der Waals surface area contributed by atoms with Crippen LogP contribution in [0.25, 0.3) is 0 Å². The third kappa shape index (κ3) is 6.26. The molecule has 1 aliphatic heterocycles. The fourth-order valence-electron chi connectivity index (χ4n) is 4.51. The fraction of sp³-hybridized carbons (Fsp3) is 0.440. The predicted molar refractivity (Wildman–Crippen MR) is 141 cm³/mol. The molecule has 3 heterocycles. The van der Waals surface area contributed by atoms with Gasteiger partial charge in [-0.1, -0.05) is 32.4 Å². The van der Waals surface area contributed by atoms with E-state index in [4.69, 9.17) is 9.82 Å². The van der Waals surface area contributed by atoms with E-state index in [-0.39, 0.29) is 30.6 Å². The van der Waals surface area contributed by atoms with Crippen molar-refractivity contribution in [3.8, 4) is 0 Å². The Morgan fingerprint density at radius 3 is 2.67 bits per heavy atom. The minimum absolute atomic E-state index is 0.133. The van der Waals surface area contributed by atoms with Gasteiger partial charge in [0.05, 0.1) is 16.3 Å². The van der Waals surface area contributed by atoms with E-state index in [9.17, 15) is 22.4 Å². The maximum Gasteiger partial charge on any atom is 0.435 e. The highest BCUT2D eigenvalue weighted by Gasteiger charge is 2.35. The van der Waals surface area contributed by atoms with Crippen LogP contribution in [-0.4, -0.2) is 57.5 Å². The molecule has 0 radical (unpaired) electrons. The minimum Gasteiger partial charge on any atom is -0.391 e. The first-order chi connectivity index (χ1) is 18.6. The van der Waals surface area contributed by atoms with Crippen molar-refractivity contribution in [2.75, 3.05) is 31.1 Å². The van der Waals surface area contributed by atoms with E-state index in [1.807, 2.05) is 0 Å². The maximum atomic E-state index is 13.5. The number of carbonyl (C=O) groups excluding carboxylic acids is 1. The van der Waals surface area contributed by atoms with Gasteiger partial charge in [0.25, 0.3) is 0 Å². The lowest BCUT2D eigenvalue weighted by atomic mass is 10.0. The monoisotopic (exact) mass is 628 g/mol. The number of halogens is 5. The van der Waals surface area contributed by atoms with Crippen molar-refractivity contribution >= 4 is 44.0 Å². The van der Waals surface area contributed by atoms with Crippen LogP contribution in [0.3, 0.4) is 0 Å². The second-order valence-corrected chi connectivity index (χ2v) is 11.2. The minimum atomic E-state index is -4.55. The largest absolute Gasteiger partial charge is 0.435 e. The predicted octanol–water partition coefficient (Wildman–Crippen LogP) is 5.17. The summed E-state index contributed by atoms with van der Waals surface area (Å²) in [6, 6.07) is 5.35. The second kappa shape index (κ2) is 11.2. The highest BCUT2D eigenvalue weighted by Crippen LogP contribution is 2.33. The standard InChI is InChI=1S/C25H25BrF4N6O2S/c1-15-11-21(25(28,29)30)32-36(15)13-22(37)34-7-9-35(10-8-34)24-31-19-3-2-4-20(23(19)39-24)33-38-14-16-12-17(27)5-6-18(16)26/h5-6,11-12H,2-4,7-10,13-14H2,1H3. The summed E-state index contributed by atoms with van der Waals surface area (Å²) in [5.41, 5.74) is 1.72. The van der Waals surface area contributed by atoms with Gasteiger partial charge < -0.3 is 14.6 Å². The van der Waals surface area contributed by atoms with Crippen molar-refractivity contribution in [1.82, 2.24) is 19.7 Å². The number of hydrogen-bond donors (Lipinski definition) is 0. The zero-order valence-electron chi connectivity index (χ0n) is 21.0. The number of nitrogens with zero attached hydrogens (tertiary/aromatic N) is 6. The van der Waals surface area contributed by atoms with E-state index < -0.39 is 11.9 Å². The Balaban J connectivity index is 1.19. The number of hydrogen-bond acceptors (Lipinski definition) is 7. The number of aryl methyl sites for hydroxylation is 2. The Morgan fingerprint density at radius 1 is 1.18 bits per heavy atom. The summed E-state index contributed by atoms with van der Waals surface area (Å²) in [4.78, 5) is 27.9. The highest BCUT2D eigenvalue weighted by molar-refractivity contribution is 9.10. The van der Waals surface area contributed by atoms with Gasteiger partial charge in [0.2, 0.25) is 5.91 Å². The number of anilines is 1. The summed E-state index contributed by atoms with van der Waals surface area (Å²) in [5.74, 6) is -0.616. The number of fused-ring (bicyclic) bond motifs is 1. The molecule has 1 saturated heterocycles. The zero-order valence-corrected chi connectivity index (χ0v) is 23.4. The molecule has 1 amide bonds. The first-order valence-corrected chi connectivity index (χ1v) is 14.0. The number of alkyl halides is 3. The molecule has 5 rings (SSSR count). The first kappa shape index (κ1) is 27.6. The summed E-state index contributed by atoms with van der Waals surface area (Å²) in [5, 5.41) is 8.74. The molecule has 0 N–H and O–H groups in total. The molecule has 2 aliphatic rings. The van der Waals surface area contributed by atoms with E-state index in [2.05, 4.69) is 31.1 Å². The Morgan fingerprint density at radius 2 is 1.95 bits per heavy atom. The van der Waals surface area contributed by atoms with Gasteiger partial charge in [0, 0.05) is 41.9 Å². The van der Waals surface area contributed by atoms with Gasteiger partial charge in [-0.15, -0.1) is 0 Å². The quantitative estimate of drug-likeness (QED) is 0.278. The van der Waals surface area contributed by atoms with Crippen LogP contribution < -0.4 is 4.90 Å². The molecular weight excluding hydrogens is 604 g/mol. The van der Waals surface area contributed by atoms with Crippen LogP contribution in [-0.2, 0) is 35.4 Å². The number of oxime groups is 1. The van der Waals surface area contributed by atoms with Crippen LogP contribution in [0.1, 0.15) is 40.4 Å². The Kier molecular flexibility index (Phi) is 7.94. The van der Waals surface area contributed by atoms with E-state index >= 15 is 0 Å². The van der Waals surface area contributed by atoms with Crippen molar-refractivity contribution in [1.29, 1.82) is 0 Å². The number of benzene rings is 1. The average molecular weight is 629 g/mol. The lowest BCUT2D eigenvalue weighted by Gasteiger charge is -2.34. The molecular formula is C25H25BrF4N6O2S. The molecule has 0 unspecified atom stereocenters. The van der Waals surface area contributed by atoms with Crippen molar-refractivity contribution < 1.29 is 27.2 Å². The van der Waals surface area contributed by atoms with Gasteiger partial charge in [-0.05, 0) is 50.5 Å². The smallest absolute Gasteiger partial charge is 0.391 e. The van der Waals surface area contributed by atoms with Crippen LogP contribution in [0.2, 0.25) is 0 Å². The second-order valence-electron chi connectivity index (χ2n) is 9.37. The van der Waals surface area contributed by atoms with Crippen LogP contribution in [0.15, 0.2) is 33.9 Å². The summed E-state index contributed by atoms with van der Waals surface area (Å²) in [6.07, 6.45) is -2.06. The van der Waals surface area contributed by atoms with Crippen LogP contribution in [0, 0.1) is 12.7 Å². The molecule has 3 aromatic rings. The molecule has 1 fully saturated rings. The molecule has 2 aromatic heterocycles. The Hall–Kier alpha value is -3.00. The van der Waals surface area contributed by atoms with Crippen molar-refractivity contribution in [3.05, 3.63) is 62.1 Å². The van der Waals surface area contributed by atoms with Gasteiger partial charge in [0.1, 0.15) is 19.0 Å². The van der Waals surface area contributed by atoms with Crippen molar-refractivity contribution in [3.63, 3.8) is 0 Å². The van der Waals surface area contributed by atoms with Crippen molar-refractivity contribution in [2.45, 2.75) is 45.5 Å². The third-order valence-electron chi connectivity index (χ3n) is 6.64. The average Bonchev–Trinajstić information content (AvgIpc) is 3.50. The maximum absolute atomic E-state index is 13.5. The molecule has 1 aliphatic carbocycles. The van der Waals surface area contributed by atoms with Gasteiger partial charge in [-0.25, -0.2) is 9.37 Å². The van der Waals surface area contributed by atoms with Crippen LogP contribution in [0.5, 0.6) is 0 Å². The van der Waals surface area contributed by atoms with E-state index in [1.54, 1.807) is 11.0 Å².